The molecule has 0 bridgehead atoms. The molecule has 1 aliphatic rings. The van der Waals surface area contributed by atoms with Crippen LogP contribution < -0.4 is 0 Å². The number of hydrogen-bond donors (Lipinski definition) is 0. The van der Waals surface area contributed by atoms with Gasteiger partial charge in [0.2, 0.25) is 11.6 Å². The Hall–Kier alpha value is -3.28. The molecule has 3 aromatic rings. The van der Waals surface area contributed by atoms with Crippen molar-refractivity contribution < 1.29 is 9.59 Å². The molecule has 0 amide bonds. The summed E-state index contributed by atoms with van der Waals surface area (Å²) in [5, 5.41) is 8.20. The summed E-state index contributed by atoms with van der Waals surface area (Å²) in [5.41, 5.74) is 1.18. The standard InChI is InChI=1S/C16H10N4O2/c21-15-11-5-1-2-6-12(11)16(22)14(20-10-4-8-18-20)13(15)19-9-3-7-17-19/h1-10H. The maximum absolute atomic E-state index is 12.9. The van der Waals surface area contributed by atoms with Gasteiger partial charge in [0.1, 0.15) is 11.4 Å². The van der Waals surface area contributed by atoms with Gasteiger partial charge >= 0.3 is 0 Å². The summed E-state index contributed by atoms with van der Waals surface area (Å²) in [4.78, 5) is 25.7. The number of Topliss-reactive ketones (excluding diaryl/α,β-unsaturated/α-hetero) is 2. The van der Waals surface area contributed by atoms with Crippen LogP contribution >= 0.6 is 0 Å². The topological polar surface area (TPSA) is 69.8 Å². The summed E-state index contributed by atoms with van der Waals surface area (Å²) in [7, 11) is 0. The molecule has 2 aromatic heterocycles. The molecule has 0 aliphatic heterocycles. The van der Waals surface area contributed by atoms with Gasteiger partial charge in [0.15, 0.2) is 0 Å². The number of carbonyl (C=O) groups is 2. The minimum absolute atomic E-state index is 0.206. The van der Waals surface area contributed by atoms with E-state index in [9.17, 15) is 9.59 Å². The first-order valence-electron chi connectivity index (χ1n) is 6.70. The second kappa shape index (κ2) is 4.63. The van der Waals surface area contributed by atoms with Crippen molar-refractivity contribution in [2.24, 2.45) is 0 Å². The van der Waals surface area contributed by atoms with Crippen LogP contribution in [0.2, 0.25) is 0 Å². The summed E-state index contributed by atoms with van der Waals surface area (Å²) in [6.45, 7) is 0. The van der Waals surface area contributed by atoms with Crippen molar-refractivity contribution in [2.45, 2.75) is 0 Å². The molecule has 6 nitrogen and oxygen atoms in total. The smallest absolute Gasteiger partial charge is 0.214 e. The highest BCUT2D eigenvalue weighted by Crippen LogP contribution is 2.30. The second-order valence-electron chi connectivity index (χ2n) is 4.80. The first-order valence-corrected chi connectivity index (χ1v) is 6.70. The van der Waals surface area contributed by atoms with Crippen LogP contribution in [0.25, 0.3) is 11.4 Å². The van der Waals surface area contributed by atoms with Gasteiger partial charge in [-0.3, -0.25) is 9.59 Å². The van der Waals surface area contributed by atoms with Crippen LogP contribution in [0.4, 0.5) is 0 Å². The molecule has 0 fully saturated rings. The van der Waals surface area contributed by atoms with Crippen molar-refractivity contribution in [3.8, 4) is 0 Å². The molecular formula is C16H10N4O2. The third kappa shape index (κ3) is 1.67. The van der Waals surface area contributed by atoms with Gasteiger partial charge in [-0.25, -0.2) is 9.36 Å². The van der Waals surface area contributed by atoms with Crippen LogP contribution in [0.3, 0.4) is 0 Å². The highest BCUT2D eigenvalue weighted by atomic mass is 16.1. The van der Waals surface area contributed by atoms with Gasteiger partial charge in [-0.15, -0.1) is 0 Å². The summed E-state index contributed by atoms with van der Waals surface area (Å²) in [6, 6.07) is 10.2. The van der Waals surface area contributed by atoms with Gasteiger partial charge in [-0.05, 0) is 12.1 Å². The van der Waals surface area contributed by atoms with Crippen molar-refractivity contribution in [1.29, 1.82) is 0 Å². The van der Waals surface area contributed by atoms with E-state index >= 15 is 0 Å². The van der Waals surface area contributed by atoms with E-state index in [0.29, 0.717) is 11.1 Å². The van der Waals surface area contributed by atoms with Gasteiger partial charge in [0.05, 0.1) is 0 Å². The average molecular weight is 290 g/mol. The fourth-order valence-electron chi connectivity index (χ4n) is 2.58. The van der Waals surface area contributed by atoms with E-state index in [-0.39, 0.29) is 23.0 Å². The molecule has 1 aliphatic carbocycles. The quantitative estimate of drug-likeness (QED) is 0.723. The zero-order valence-corrected chi connectivity index (χ0v) is 11.4. The molecule has 1 aromatic carbocycles. The molecule has 0 N–H and O–H groups in total. The second-order valence-corrected chi connectivity index (χ2v) is 4.80. The number of benzene rings is 1. The highest BCUT2D eigenvalue weighted by molar-refractivity contribution is 6.46. The predicted octanol–water partition coefficient (Wildman–Crippen LogP) is 1.98. The molecular weight excluding hydrogens is 280 g/mol. The Labute approximate surface area is 125 Å². The molecule has 4 rings (SSSR count). The van der Waals surface area contributed by atoms with Crippen molar-refractivity contribution in [3.63, 3.8) is 0 Å². The molecule has 0 unspecified atom stereocenters. The lowest BCUT2D eigenvalue weighted by atomic mass is 9.90. The highest BCUT2D eigenvalue weighted by Gasteiger charge is 2.34. The van der Waals surface area contributed by atoms with Crippen LogP contribution in [-0.2, 0) is 0 Å². The number of aromatic nitrogens is 4. The monoisotopic (exact) mass is 290 g/mol. The minimum Gasteiger partial charge on any atom is -0.287 e. The third-order valence-electron chi connectivity index (χ3n) is 3.54. The summed E-state index contributed by atoms with van der Waals surface area (Å²) in [6.07, 6.45) is 6.40. The lowest BCUT2D eigenvalue weighted by Crippen LogP contribution is -2.26. The SMILES string of the molecule is O=C1C(n2cccn2)=C(n2cccn2)C(=O)c2ccccc21. The number of hydrogen-bond acceptors (Lipinski definition) is 4. The van der Waals surface area contributed by atoms with E-state index in [0.717, 1.165) is 0 Å². The average Bonchev–Trinajstić information content (AvgIpc) is 3.23. The zero-order chi connectivity index (χ0) is 15.1. The van der Waals surface area contributed by atoms with E-state index in [4.69, 9.17) is 0 Å². The van der Waals surface area contributed by atoms with Crippen LogP contribution in [0.5, 0.6) is 0 Å². The largest absolute Gasteiger partial charge is 0.287 e. The number of ketones is 2. The van der Waals surface area contributed by atoms with Gasteiger partial charge < -0.3 is 0 Å². The van der Waals surface area contributed by atoms with Crippen molar-refractivity contribution in [3.05, 3.63) is 72.3 Å². The molecule has 0 saturated carbocycles. The van der Waals surface area contributed by atoms with Gasteiger partial charge in [0, 0.05) is 35.9 Å². The lowest BCUT2D eigenvalue weighted by molar-refractivity contribution is 0.0999. The fraction of sp³-hybridized carbons (Fsp3) is 0. The number of rotatable bonds is 2. The van der Waals surface area contributed by atoms with E-state index in [2.05, 4.69) is 10.2 Å². The maximum atomic E-state index is 12.9. The van der Waals surface area contributed by atoms with Crippen LogP contribution in [0, 0.1) is 0 Å². The van der Waals surface area contributed by atoms with E-state index in [1.165, 1.54) is 9.36 Å². The molecule has 22 heavy (non-hydrogen) atoms. The normalized spacial score (nSPS) is 14.4. The molecule has 6 heteroatoms. The van der Waals surface area contributed by atoms with Crippen LogP contribution in [0.15, 0.2) is 61.2 Å². The number of carbonyl (C=O) groups excluding carboxylic acids is 2. The summed E-state index contributed by atoms with van der Waals surface area (Å²) in [5.74, 6) is -0.492. The molecule has 0 spiro atoms. The Balaban J connectivity index is 2.06. The van der Waals surface area contributed by atoms with Crippen molar-refractivity contribution in [2.75, 3.05) is 0 Å². The minimum atomic E-state index is -0.246. The molecule has 106 valence electrons. The molecule has 2 heterocycles. The van der Waals surface area contributed by atoms with Gasteiger partial charge in [0.25, 0.3) is 0 Å². The third-order valence-corrected chi connectivity index (χ3v) is 3.54. The molecule has 0 atom stereocenters. The zero-order valence-electron chi connectivity index (χ0n) is 11.4. The molecule has 0 radical (unpaired) electrons. The van der Waals surface area contributed by atoms with Crippen molar-refractivity contribution in [1.82, 2.24) is 19.6 Å². The fourth-order valence-corrected chi connectivity index (χ4v) is 2.58. The maximum Gasteiger partial charge on any atom is 0.214 e. The Morgan fingerprint density at radius 3 is 1.50 bits per heavy atom. The van der Waals surface area contributed by atoms with Crippen LogP contribution in [-0.4, -0.2) is 31.1 Å². The number of allylic oxidation sites excluding steroid dienone is 2. The first kappa shape index (κ1) is 12.5. The van der Waals surface area contributed by atoms with Gasteiger partial charge in [-0.1, -0.05) is 24.3 Å². The van der Waals surface area contributed by atoms with Gasteiger partial charge in [-0.2, -0.15) is 10.2 Å². The van der Waals surface area contributed by atoms with E-state index < -0.39 is 0 Å². The Morgan fingerprint density at radius 1 is 0.682 bits per heavy atom. The van der Waals surface area contributed by atoms with E-state index in [1.807, 2.05) is 0 Å². The van der Waals surface area contributed by atoms with Crippen molar-refractivity contribution >= 4 is 23.0 Å². The van der Waals surface area contributed by atoms with Crippen LogP contribution in [0.1, 0.15) is 20.7 Å². The summed E-state index contributed by atoms with van der Waals surface area (Å²) >= 11 is 0. The number of fused-ring (bicyclic) bond motifs is 1. The predicted molar refractivity (Wildman–Crippen MR) is 79.0 cm³/mol. The Morgan fingerprint density at radius 2 is 1.14 bits per heavy atom. The number of nitrogens with zero attached hydrogens (tertiary/aromatic N) is 4. The lowest BCUT2D eigenvalue weighted by Gasteiger charge is -2.20. The Kier molecular flexibility index (Phi) is 2.62. The van der Waals surface area contributed by atoms with E-state index in [1.54, 1.807) is 61.2 Å². The summed E-state index contributed by atoms with van der Waals surface area (Å²) < 4.78 is 2.82. The first-order chi connectivity index (χ1) is 10.8. The Bertz CT molecular complexity index is 830. The molecule has 0 saturated heterocycles.